The first-order valence-corrected chi connectivity index (χ1v) is 4.29. The van der Waals surface area contributed by atoms with E-state index in [9.17, 15) is 0 Å². The molecular formula is C8H18N2. The van der Waals surface area contributed by atoms with E-state index in [1.165, 1.54) is 38.9 Å². The maximum absolute atomic E-state index is 3.44. The van der Waals surface area contributed by atoms with Gasteiger partial charge in [-0.25, -0.2) is 0 Å². The number of hydrogen-bond donors (Lipinski definition) is 2. The van der Waals surface area contributed by atoms with Crippen LogP contribution >= 0.6 is 0 Å². The van der Waals surface area contributed by atoms with Crippen LogP contribution in [0.4, 0.5) is 0 Å². The highest BCUT2D eigenvalue weighted by Crippen LogP contribution is 2.09. The van der Waals surface area contributed by atoms with Gasteiger partial charge in [0.15, 0.2) is 0 Å². The summed E-state index contributed by atoms with van der Waals surface area (Å²) in [4.78, 5) is 0. The van der Waals surface area contributed by atoms with Crippen molar-refractivity contribution in [2.24, 2.45) is 5.92 Å². The zero-order chi connectivity index (χ0) is 7.23. The Hall–Kier alpha value is -0.0800. The van der Waals surface area contributed by atoms with Crippen LogP contribution in [-0.4, -0.2) is 26.7 Å². The standard InChI is InChI=1S/C8H18N2/c1-9-6-8-4-2-3-5-10-7-8/h8-10H,2-7H2,1H3. The van der Waals surface area contributed by atoms with Crippen molar-refractivity contribution in [3.05, 3.63) is 0 Å². The van der Waals surface area contributed by atoms with Gasteiger partial charge in [0.25, 0.3) is 0 Å². The van der Waals surface area contributed by atoms with Gasteiger partial charge in [-0.05, 0) is 45.4 Å². The minimum atomic E-state index is 0.868. The van der Waals surface area contributed by atoms with E-state index in [0.29, 0.717) is 0 Å². The topological polar surface area (TPSA) is 24.1 Å². The minimum Gasteiger partial charge on any atom is -0.319 e. The second-order valence-electron chi connectivity index (χ2n) is 3.12. The molecule has 1 heterocycles. The first-order chi connectivity index (χ1) is 4.93. The molecular weight excluding hydrogens is 124 g/mol. The van der Waals surface area contributed by atoms with E-state index in [0.717, 1.165) is 5.92 Å². The quantitative estimate of drug-likeness (QED) is 0.590. The average molecular weight is 142 g/mol. The van der Waals surface area contributed by atoms with E-state index in [1.807, 2.05) is 7.05 Å². The zero-order valence-electron chi connectivity index (χ0n) is 6.82. The lowest BCUT2D eigenvalue weighted by Gasteiger charge is -2.12. The highest BCUT2D eigenvalue weighted by atomic mass is 14.9. The molecule has 1 saturated heterocycles. The maximum Gasteiger partial charge on any atom is -0.000838 e. The van der Waals surface area contributed by atoms with Gasteiger partial charge < -0.3 is 10.6 Å². The van der Waals surface area contributed by atoms with Crippen LogP contribution in [0, 0.1) is 5.92 Å². The van der Waals surface area contributed by atoms with E-state index in [4.69, 9.17) is 0 Å². The molecule has 0 amide bonds. The van der Waals surface area contributed by atoms with Crippen molar-refractivity contribution in [2.45, 2.75) is 19.3 Å². The number of nitrogens with one attached hydrogen (secondary N) is 2. The Labute approximate surface area is 63.4 Å². The van der Waals surface area contributed by atoms with Crippen molar-refractivity contribution >= 4 is 0 Å². The third-order valence-corrected chi connectivity index (χ3v) is 2.14. The van der Waals surface area contributed by atoms with Crippen molar-refractivity contribution < 1.29 is 0 Å². The first-order valence-electron chi connectivity index (χ1n) is 4.29. The second-order valence-corrected chi connectivity index (χ2v) is 3.12. The second kappa shape index (κ2) is 4.69. The van der Waals surface area contributed by atoms with Gasteiger partial charge in [-0.3, -0.25) is 0 Å². The molecule has 0 aliphatic carbocycles. The molecule has 0 aromatic heterocycles. The summed E-state index contributed by atoms with van der Waals surface area (Å²) in [5.41, 5.74) is 0. The molecule has 0 bridgehead atoms. The molecule has 1 aliphatic heterocycles. The summed E-state index contributed by atoms with van der Waals surface area (Å²) < 4.78 is 0. The molecule has 1 atom stereocenters. The monoisotopic (exact) mass is 142 g/mol. The van der Waals surface area contributed by atoms with Gasteiger partial charge in [0.2, 0.25) is 0 Å². The van der Waals surface area contributed by atoms with Crippen LogP contribution in [0.15, 0.2) is 0 Å². The molecule has 1 rings (SSSR count). The Morgan fingerprint density at radius 3 is 3.20 bits per heavy atom. The summed E-state index contributed by atoms with van der Waals surface area (Å²) in [6.45, 7) is 3.61. The lowest BCUT2D eigenvalue weighted by atomic mass is 10.0. The highest BCUT2D eigenvalue weighted by Gasteiger charge is 2.09. The van der Waals surface area contributed by atoms with Crippen LogP contribution in [0.5, 0.6) is 0 Å². The fraction of sp³-hybridized carbons (Fsp3) is 1.00. The van der Waals surface area contributed by atoms with Gasteiger partial charge in [0.1, 0.15) is 0 Å². The summed E-state index contributed by atoms with van der Waals surface area (Å²) in [5, 5.41) is 6.67. The van der Waals surface area contributed by atoms with E-state index in [1.54, 1.807) is 0 Å². The van der Waals surface area contributed by atoms with Gasteiger partial charge in [-0.1, -0.05) is 6.42 Å². The summed E-state index contributed by atoms with van der Waals surface area (Å²) in [7, 11) is 2.03. The predicted octanol–water partition coefficient (Wildman–Crippen LogP) is 0.595. The molecule has 2 heteroatoms. The summed E-state index contributed by atoms with van der Waals surface area (Å²) in [5.74, 6) is 0.868. The average Bonchev–Trinajstić information content (AvgIpc) is 2.17. The SMILES string of the molecule is CNCC1CCCCNC1. The zero-order valence-corrected chi connectivity index (χ0v) is 6.82. The molecule has 2 N–H and O–H groups in total. The Morgan fingerprint density at radius 1 is 1.50 bits per heavy atom. The van der Waals surface area contributed by atoms with Crippen LogP contribution in [0.2, 0.25) is 0 Å². The van der Waals surface area contributed by atoms with E-state index < -0.39 is 0 Å². The molecule has 0 saturated carbocycles. The maximum atomic E-state index is 3.44. The largest absolute Gasteiger partial charge is 0.319 e. The Morgan fingerprint density at radius 2 is 2.40 bits per heavy atom. The molecule has 0 aromatic carbocycles. The molecule has 1 unspecified atom stereocenters. The van der Waals surface area contributed by atoms with E-state index in [-0.39, 0.29) is 0 Å². The lowest BCUT2D eigenvalue weighted by Crippen LogP contribution is -2.27. The fourth-order valence-electron chi connectivity index (χ4n) is 1.55. The third-order valence-electron chi connectivity index (χ3n) is 2.14. The van der Waals surface area contributed by atoms with Crippen molar-refractivity contribution in [1.82, 2.24) is 10.6 Å². The normalized spacial score (nSPS) is 27.9. The van der Waals surface area contributed by atoms with Gasteiger partial charge in [0.05, 0.1) is 0 Å². The van der Waals surface area contributed by atoms with Crippen LogP contribution in [0.25, 0.3) is 0 Å². The minimum absolute atomic E-state index is 0.868. The summed E-state index contributed by atoms with van der Waals surface area (Å²) in [6, 6.07) is 0. The predicted molar refractivity (Wildman–Crippen MR) is 44.1 cm³/mol. The van der Waals surface area contributed by atoms with Crippen LogP contribution in [-0.2, 0) is 0 Å². The smallest absolute Gasteiger partial charge is 0.000838 e. The van der Waals surface area contributed by atoms with Crippen molar-refractivity contribution in [1.29, 1.82) is 0 Å². The summed E-state index contributed by atoms with van der Waals surface area (Å²) in [6.07, 6.45) is 4.16. The lowest BCUT2D eigenvalue weighted by molar-refractivity contribution is 0.459. The van der Waals surface area contributed by atoms with Crippen molar-refractivity contribution in [2.75, 3.05) is 26.7 Å². The summed E-state index contributed by atoms with van der Waals surface area (Å²) >= 11 is 0. The van der Waals surface area contributed by atoms with Gasteiger partial charge in [-0.15, -0.1) is 0 Å². The molecule has 0 radical (unpaired) electrons. The molecule has 2 nitrogen and oxygen atoms in total. The van der Waals surface area contributed by atoms with Crippen LogP contribution in [0.1, 0.15) is 19.3 Å². The van der Waals surface area contributed by atoms with Crippen molar-refractivity contribution in [3.63, 3.8) is 0 Å². The highest BCUT2D eigenvalue weighted by molar-refractivity contribution is 4.68. The Kier molecular flexibility index (Phi) is 3.76. The first kappa shape index (κ1) is 8.02. The molecule has 1 aliphatic rings. The van der Waals surface area contributed by atoms with Crippen LogP contribution < -0.4 is 10.6 Å². The van der Waals surface area contributed by atoms with Crippen LogP contribution in [0.3, 0.4) is 0 Å². The molecule has 0 spiro atoms. The molecule has 60 valence electrons. The molecule has 0 aromatic rings. The molecule has 1 fully saturated rings. The third kappa shape index (κ3) is 2.67. The fourth-order valence-corrected chi connectivity index (χ4v) is 1.55. The van der Waals surface area contributed by atoms with E-state index >= 15 is 0 Å². The van der Waals surface area contributed by atoms with Gasteiger partial charge >= 0.3 is 0 Å². The van der Waals surface area contributed by atoms with Crippen molar-refractivity contribution in [3.8, 4) is 0 Å². The Bertz CT molecular complexity index is 75.3. The van der Waals surface area contributed by atoms with E-state index in [2.05, 4.69) is 10.6 Å². The molecule has 10 heavy (non-hydrogen) atoms. The van der Waals surface area contributed by atoms with Gasteiger partial charge in [-0.2, -0.15) is 0 Å². The van der Waals surface area contributed by atoms with Gasteiger partial charge in [0, 0.05) is 0 Å². The number of rotatable bonds is 2. The Balaban J connectivity index is 2.15. The number of hydrogen-bond acceptors (Lipinski definition) is 2.